The molecule has 7 heteroatoms. The van der Waals surface area contributed by atoms with Crippen molar-refractivity contribution in [2.24, 2.45) is 0 Å². The average Bonchev–Trinajstić information content (AvgIpc) is 2.70. The first-order chi connectivity index (χ1) is 14.7. The number of anilines is 1. The first-order valence-electron chi connectivity index (χ1n) is 10.3. The van der Waals surface area contributed by atoms with Gasteiger partial charge in [0.25, 0.3) is 5.91 Å². The summed E-state index contributed by atoms with van der Waals surface area (Å²) in [6.45, 7) is 8.33. The van der Waals surface area contributed by atoms with E-state index in [0.29, 0.717) is 23.8 Å². The van der Waals surface area contributed by atoms with E-state index in [2.05, 4.69) is 48.9 Å². The summed E-state index contributed by atoms with van der Waals surface area (Å²) in [6.07, 6.45) is 0.613. The van der Waals surface area contributed by atoms with E-state index in [4.69, 9.17) is 21.1 Å². The zero-order valence-corrected chi connectivity index (χ0v) is 20.7. The summed E-state index contributed by atoms with van der Waals surface area (Å²) < 4.78 is 11.6. The van der Waals surface area contributed by atoms with Crippen LogP contribution in [0.4, 0.5) is 5.69 Å². The highest BCUT2D eigenvalue weighted by molar-refractivity contribution is 9.10. The highest BCUT2D eigenvalue weighted by Gasteiger charge is 2.17. The summed E-state index contributed by atoms with van der Waals surface area (Å²) in [7, 11) is 0. The van der Waals surface area contributed by atoms with Gasteiger partial charge < -0.3 is 14.8 Å². The summed E-state index contributed by atoms with van der Waals surface area (Å²) in [5.41, 5.74) is 2.94. The number of halogens is 2. The lowest BCUT2D eigenvalue weighted by Gasteiger charge is -2.20. The van der Waals surface area contributed by atoms with E-state index in [1.807, 2.05) is 24.3 Å². The van der Waals surface area contributed by atoms with E-state index in [9.17, 15) is 9.59 Å². The molecule has 2 rings (SSSR count). The molecule has 5 nitrogen and oxygen atoms in total. The Kier molecular flexibility index (Phi) is 9.85. The molecule has 1 amide bonds. The number of hydrogen-bond donors (Lipinski definition) is 1. The van der Waals surface area contributed by atoms with Crippen molar-refractivity contribution in [1.29, 1.82) is 0 Å². The fraction of sp³-hybridized carbons (Fsp3) is 0.417. The number of esters is 1. The zero-order valence-electron chi connectivity index (χ0n) is 18.3. The van der Waals surface area contributed by atoms with Gasteiger partial charge in [0.05, 0.1) is 11.6 Å². The second kappa shape index (κ2) is 12.1. The van der Waals surface area contributed by atoms with Crippen molar-refractivity contribution >= 4 is 45.1 Å². The number of carbonyl (C=O) groups excluding carboxylic acids is 2. The number of carbonyl (C=O) groups is 2. The molecule has 0 aliphatic rings. The van der Waals surface area contributed by atoms with Gasteiger partial charge in [-0.3, -0.25) is 9.59 Å². The Bertz CT molecular complexity index is 888. The Balaban J connectivity index is 1.80. The highest BCUT2D eigenvalue weighted by atomic mass is 79.9. The molecular weight excluding hydrogens is 482 g/mol. The lowest BCUT2D eigenvalue weighted by molar-refractivity contribution is -0.147. The number of amides is 1. The summed E-state index contributed by atoms with van der Waals surface area (Å²) in [6, 6.07) is 11.4. The minimum absolute atomic E-state index is 0.154. The predicted molar refractivity (Wildman–Crippen MR) is 128 cm³/mol. The number of hydrogen-bond acceptors (Lipinski definition) is 4. The van der Waals surface area contributed by atoms with E-state index >= 15 is 0 Å². The molecule has 2 aromatic rings. The van der Waals surface area contributed by atoms with Gasteiger partial charge >= 0.3 is 5.97 Å². The van der Waals surface area contributed by atoms with Crippen LogP contribution in [0.1, 0.15) is 63.5 Å². The third-order valence-corrected chi connectivity index (χ3v) is 5.47. The second-order valence-electron chi connectivity index (χ2n) is 7.86. The molecule has 0 spiro atoms. The monoisotopic (exact) mass is 509 g/mol. The van der Waals surface area contributed by atoms with Crippen LogP contribution < -0.4 is 10.1 Å². The molecule has 2 aromatic carbocycles. The fourth-order valence-corrected chi connectivity index (χ4v) is 3.81. The molecule has 0 heterocycles. The van der Waals surface area contributed by atoms with Crippen LogP contribution in [0.3, 0.4) is 0 Å². The number of benzene rings is 2. The van der Waals surface area contributed by atoms with Gasteiger partial charge in [-0.25, -0.2) is 0 Å². The molecule has 0 aliphatic heterocycles. The zero-order chi connectivity index (χ0) is 23.0. The Labute approximate surface area is 197 Å². The van der Waals surface area contributed by atoms with Gasteiger partial charge in [-0.2, -0.15) is 0 Å². The van der Waals surface area contributed by atoms with Crippen LogP contribution in [0.5, 0.6) is 5.75 Å². The molecule has 0 aliphatic carbocycles. The Hall–Kier alpha value is -2.05. The van der Waals surface area contributed by atoms with E-state index in [1.165, 1.54) is 0 Å². The Morgan fingerprint density at radius 1 is 1.06 bits per heavy atom. The molecule has 0 saturated carbocycles. The quantitative estimate of drug-likeness (QED) is 0.286. The summed E-state index contributed by atoms with van der Waals surface area (Å²) in [5.74, 6) is 0.289. The van der Waals surface area contributed by atoms with E-state index in [0.717, 1.165) is 21.3 Å². The van der Waals surface area contributed by atoms with Crippen molar-refractivity contribution in [3.05, 3.63) is 57.0 Å². The van der Waals surface area contributed by atoms with Crippen LogP contribution in [0.25, 0.3) is 0 Å². The van der Waals surface area contributed by atoms with Gasteiger partial charge in [-0.05, 0) is 47.6 Å². The topological polar surface area (TPSA) is 64.6 Å². The van der Waals surface area contributed by atoms with Gasteiger partial charge in [0.1, 0.15) is 5.75 Å². The molecule has 0 aromatic heterocycles. The molecule has 168 valence electrons. The summed E-state index contributed by atoms with van der Waals surface area (Å²) >= 11 is 9.43. The maximum Gasteiger partial charge on any atom is 0.306 e. The van der Waals surface area contributed by atoms with Crippen LogP contribution in [0, 0.1) is 0 Å². The summed E-state index contributed by atoms with van der Waals surface area (Å²) in [4.78, 5) is 24.4. The standard InChI is InChI=1S/C24H29BrClNO4/c1-15(2)18-7-5-8-19(16(3)4)24(18)27-22(28)14-31-23(29)9-6-12-30-21-11-10-17(25)13-20(21)26/h5,7-8,10-11,13,15-16H,6,9,12,14H2,1-4H3,(H,27,28). The van der Waals surface area contributed by atoms with Gasteiger partial charge in [0, 0.05) is 16.6 Å². The molecule has 0 saturated heterocycles. The fourth-order valence-electron chi connectivity index (χ4n) is 3.08. The normalized spacial score (nSPS) is 11.0. The van der Waals surface area contributed by atoms with Crippen molar-refractivity contribution in [2.75, 3.05) is 18.5 Å². The van der Waals surface area contributed by atoms with Crippen molar-refractivity contribution in [1.82, 2.24) is 0 Å². The van der Waals surface area contributed by atoms with Crippen LogP contribution in [0.15, 0.2) is 40.9 Å². The predicted octanol–water partition coefficient (Wildman–Crippen LogP) is 6.69. The first kappa shape index (κ1) is 25.2. The van der Waals surface area contributed by atoms with E-state index in [1.54, 1.807) is 12.1 Å². The van der Waals surface area contributed by atoms with E-state index in [-0.39, 0.29) is 30.8 Å². The lowest BCUT2D eigenvalue weighted by Crippen LogP contribution is -2.22. The third-order valence-electron chi connectivity index (χ3n) is 4.68. The number of para-hydroxylation sites is 1. The maximum absolute atomic E-state index is 12.4. The molecular formula is C24H29BrClNO4. The third kappa shape index (κ3) is 7.86. The summed E-state index contributed by atoms with van der Waals surface area (Å²) in [5, 5.41) is 3.43. The number of rotatable bonds is 10. The largest absolute Gasteiger partial charge is 0.492 e. The highest BCUT2D eigenvalue weighted by Crippen LogP contribution is 2.32. The van der Waals surface area contributed by atoms with Crippen molar-refractivity contribution in [2.45, 2.75) is 52.4 Å². The first-order valence-corrected chi connectivity index (χ1v) is 11.5. The van der Waals surface area contributed by atoms with Crippen LogP contribution >= 0.6 is 27.5 Å². The molecule has 0 bridgehead atoms. The Morgan fingerprint density at radius 2 is 1.71 bits per heavy atom. The molecule has 0 fully saturated rings. The van der Waals surface area contributed by atoms with E-state index < -0.39 is 5.97 Å². The molecule has 1 N–H and O–H groups in total. The van der Waals surface area contributed by atoms with Crippen molar-refractivity contribution < 1.29 is 19.1 Å². The molecule has 0 radical (unpaired) electrons. The minimum Gasteiger partial charge on any atom is -0.492 e. The van der Waals surface area contributed by atoms with Crippen LogP contribution in [-0.4, -0.2) is 25.1 Å². The smallest absolute Gasteiger partial charge is 0.306 e. The Morgan fingerprint density at radius 3 is 2.29 bits per heavy atom. The number of nitrogens with one attached hydrogen (secondary N) is 1. The van der Waals surface area contributed by atoms with Gasteiger partial charge in [0.15, 0.2) is 6.61 Å². The van der Waals surface area contributed by atoms with Crippen LogP contribution in [-0.2, 0) is 14.3 Å². The van der Waals surface area contributed by atoms with Gasteiger partial charge in [-0.1, -0.05) is 73.4 Å². The minimum atomic E-state index is -0.443. The molecule has 0 unspecified atom stereocenters. The van der Waals surface area contributed by atoms with Gasteiger partial charge in [0.2, 0.25) is 0 Å². The van der Waals surface area contributed by atoms with Gasteiger partial charge in [-0.15, -0.1) is 0 Å². The second-order valence-corrected chi connectivity index (χ2v) is 9.18. The molecule has 0 atom stereocenters. The van der Waals surface area contributed by atoms with Crippen molar-refractivity contribution in [3.63, 3.8) is 0 Å². The van der Waals surface area contributed by atoms with Crippen molar-refractivity contribution in [3.8, 4) is 5.75 Å². The molecule has 31 heavy (non-hydrogen) atoms. The number of ether oxygens (including phenoxy) is 2. The maximum atomic E-state index is 12.4. The van der Waals surface area contributed by atoms with Crippen LogP contribution in [0.2, 0.25) is 5.02 Å². The SMILES string of the molecule is CC(C)c1cccc(C(C)C)c1NC(=O)COC(=O)CCCOc1ccc(Br)cc1Cl. The average molecular weight is 511 g/mol. The lowest BCUT2D eigenvalue weighted by atomic mass is 9.92.